The van der Waals surface area contributed by atoms with Crippen LogP contribution in [-0.4, -0.2) is 23.9 Å². The lowest BCUT2D eigenvalue weighted by molar-refractivity contribution is 0.419. The molecule has 0 radical (unpaired) electrons. The molecule has 0 bridgehead atoms. The van der Waals surface area contributed by atoms with E-state index in [9.17, 15) is 16.8 Å². The third kappa shape index (κ3) is 4.79. The zero-order valence-electron chi connectivity index (χ0n) is 17.9. The predicted molar refractivity (Wildman–Crippen MR) is 130 cm³/mol. The summed E-state index contributed by atoms with van der Waals surface area (Å²) in [5.41, 5.74) is 1.57. The average Bonchev–Trinajstić information content (AvgIpc) is 2.79. The van der Waals surface area contributed by atoms with Gasteiger partial charge in [0.1, 0.15) is 5.75 Å². The van der Waals surface area contributed by atoms with Crippen molar-refractivity contribution in [3.63, 3.8) is 0 Å². The minimum absolute atomic E-state index is 0.114. The van der Waals surface area contributed by atoms with E-state index in [0.29, 0.717) is 27.9 Å². The number of nitrogens with one attached hydrogen (secondary N) is 2. The highest BCUT2D eigenvalue weighted by Gasteiger charge is 2.19. The summed E-state index contributed by atoms with van der Waals surface area (Å²) in [6, 6.07) is 22.7. The SMILES string of the molecule is COc1ccc(S(=O)(=O)Nc2ccc(NS(=O)(=O)c3ccc(C)cc3)cc2)c2ccccc12. The van der Waals surface area contributed by atoms with Gasteiger partial charge in [0.25, 0.3) is 20.0 Å². The molecule has 0 atom stereocenters. The Bertz CT molecular complexity index is 1510. The van der Waals surface area contributed by atoms with Gasteiger partial charge in [0.05, 0.1) is 16.9 Å². The van der Waals surface area contributed by atoms with Gasteiger partial charge < -0.3 is 4.74 Å². The topological polar surface area (TPSA) is 102 Å². The summed E-state index contributed by atoms with van der Waals surface area (Å²) in [5, 5.41) is 1.22. The second kappa shape index (κ2) is 8.76. The highest BCUT2D eigenvalue weighted by Crippen LogP contribution is 2.32. The molecule has 0 aliphatic rings. The molecule has 170 valence electrons. The first kappa shape index (κ1) is 22.6. The summed E-state index contributed by atoms with van der Waals surface area (Å²) < 4.78 is 61.6. The molecule has 0 saturated heterocycles. The lowest BCUT2D eigenvalue weighted by Gasteiger charge is -2.13. The molecule has 0 aliphatic carbocycles. The van der Waals surface area contributed by atoms with E-state index in [4.69, 9.17) is 4.74 Å². The van der Waals surface area contributed by atoms with Crippen LogP contribution < -0.4 is 14.2 Å². The number of aryl methyl sites for hydroxylation is 1. The van der Waals surface area contributed by atoms with E-state index in [1.165, 1.54) is 49.6 Å². The van der Waals surface area contributed by atoms with Crippen LogP contribution in [0.5, 0.6) is 5.75 Å². The third-order valence-corrected chi connectivity index (χ3v) is 7.91. The molecule has 4 aromatic carbocycles. The molecule has 9 heteroatoms. The van der Waals surface area contributed by atoms with Crippen LogP contribution in [0.25, 0.3) is 10.8 Å². The fraction of sp³-hybridized carbons (Fsp3) is 0.0833. The number of benzene rings is 4. The van der Waals surface area contributed by atoms with Crippen molar-refractivity contribution in [3.05, 3.63) is 90.5 Å². The van der Waals surface area contributed by atoms with Crippen molar-refractivity contribution in [1.82, 2.24) is 0 Å². The van der Waals surface area contributed by atoms with Gasteiger partial charge in [-0.2, -0.15) is 0 Å². The van der Waals surface area contributed by atoms with Gasteiger partial charge in [0.2, 0.25) is 0 Å². The molecule has 0 spiro atoms. The number of sulfonamides is 2. The fourth-order valence-corrected chi connectivity index (χ4v) is 5.73. The van der Waals surface area contributed by atoms with Gasteiger partial charge in [-0.3, -0.25) is 9.44 Å². The summed E-state index contributed by atoms with van der Waals surface area (Å²) >= 11 is 0. The first-order valence-electron chi connectivity index (χ1n) is 9.98. The minimum atomic E-state index is -3.90. The Labute approximate surface area is 193 Å². The number of ether oxygens (including phenoxy) is 1. The van der Waals surface area contributed by atoms with Crippen molar-refractivity contribution in [1.29, 1.82) is 0 Å². The molecule has 0 saturated carbocycles. The van der Waals surface area contributed by atoms with E-state index >= 15 is 0 Å². The zero-order chi connectivity index (χ0) is 23.6. The maximum Gasteiger partial charge on any atom is 0.262 e. The van der Waals surface area contributed by atoms with Crippen molar-refractivity contribution in [2.45, 2.75) is 16.7 Å². The van der Waals surface area contributed by atoms with Gasteiger partial charge in [-0.25, -0.2) is 16.8 Å². The molecular formula is C24H22N2O5S2. The van der Waals surface area contributed by atoms with Gasteiger partial charge in [0.15, 0.2) is 0 Å². The molecule has 4 rings (SSSR count). The Hall–Kier alpha value is -3.56. The van der Waals surface area contributed by atoms with Crippen LogP contribution in [0.3, 0.4) is 0 Å². The highest BCUT2D eigenvalue weighted by atomic mass is 32.2. The van der Waals surface area contributed by atoms with Gasteiger partial charge >= 0.3 is 0 Å². The van der Waals surface area contributed by atoms with Gasteiger partial charge in [0, 0.05) is 22.1 Å². The molecule has 0 heterocycles. The van der Waals surface area contributed by atoms with Gasteiger partial charge in [-0.15, -0.1) is 0 Å². The van der Waals surface area contributed by atoms with Crippen molar-refractivity contribution in [2.75, 3.05) is 16.6 Å². The van der Waals surface area contributed by atoms with Crippen LogP contribution in [0.4, 0.5) is 11.4 Å². The molecule has 0 amide bonds. The quantitative estimate of drug-likeness (QED) is 0.396. The second-order valence-corrected chi connectivity index (χ2v) is 10.7. The van der Waals surface area contributed by atoms with E-state index in [1.54, 1.807) is 36.4 Å². The minimum Gasteiger partial charge on any atom is -0.496 e. The van der Waals surface area contributed by atoms with Crippen LogP contribution in [0.1, 0.15) is 5.56 Å². The van der Waals surface area contributed by atoms with E-state index in [0.717, 1.165) is 5.56 Å². The molecule has 2 N–H and O–H groups in total. The summed E-state index contributed by atoms with van der Waals surface area (Å²) in [6.07, 6.45) is 0. The molecule has 7 nitrogen and oxygen atoms in total. The van der Waals surface area contributed by atoms with Crippen LogP contribution in [0.15, 0.2) is 94.7 Å². The summed E-state index contributed by atoms with van der Waals surface area (Å²) in [4.78, 5) is 0.257. The molecule has 0 aromatic heterocycles. The van der Waals surface area contributed by atoms with Crippen LogP contribution >= 0.6 is 0 Å². The average molecular weight is 483 g/mol. The Morgan fingerprint density at radius 2 is 1.18 bits per heavy atom. The zero-order valence-corrected chi connectivity index (χ0v) is 19.6. The number of methoxy groups -OCH3 is 1. The number of rotatable bonds is 7. The Morgan fingerprint density at radius 1 is 0.636 bits per heavy atom. The Morgan fingerprint density at radius 3 is 1.76 bits per heavy atom. The smallest absolute Gasteiger partial charge is 0.262 e. The molecule has 0 fully saturated rings. The Kier molecular flexibility index (Phi) is 6.01. The lowest BCUT2D eigenvalue weighted by Crippen LogP contribution is -2.14. The van der Waals surface area contributed by atoms with Crippen molar-refractivity contribution >= 4 is 42.2 Å². The van der Waals surface area contributed by atoms with Crippen molar-refractivity contribution in [3.8, 4) is 5.75 Å². The van der Waals surface area contributed by atoms with Crippen LogP contribution in [0.2, 0.25) is 0 Å². The maximum absolute atomic E-state index is 13.1. The number of anilines is 2. The molecule has 33 heavy (non-hydrogen) atoms. The largest absolute Gasteiger partial charge is 0.496 e. The summed E-state index contributed by atoms with van der Waals surface area (Å²) in [6.45, 7) is 1.87. The number of fused-ring (bicyclic) bond motifs is 1. The summed E-state index contributed by atoms with van der Waals surface area (Å²) in [7, 11) is -6.13. The molecule has 4 aromatic rings. The Balaban J connectivity index is 1.57. The van der Waals surface area contributed by atoms with E-state index in [-0.39, 0.29) is 9.79 Å². The van der Waals surface area contributed by atoms with Crippen LogP contribution in [0, 0.1) is 6.92 Å². The second-order valence-electron chi connectivity index (χ2n) is 7.41. The van der Waals surface area contributed by atoms with E-state index in [2.05, 4.69) is 9.44 Å². The maximum atomic E-state index is 13.1. The lowest BCUT2D eigenvalue weighted by atomic mass is 10.1. The van der Waals surface area contributed by atoms with Crippen molar-refractivity contribution in [2.24, 2.45) is 0 Å². The number of hydrogen-bond donors (Lipinski definition) is 2. The monoisotopic (exact) mass is 482 g/mol. The predicted octanol–water partition coefficient (Wildman–Crippen LogP) is 4.76. The number of hydrogen-bond acceptors (Lipinski definition) is 5. The molecule has 0 unspecified atom stereocenters. The molecular weight excluding hydrogens is 460 g/mol. The van der Waals surface area contributed by atoms with Crippen molar-refractivity contribution < 1.29 is 21.6 Å². The third-order valence-electron chi connectivity index (χ3n) is 5.07. The standard InChI is InChI=1S/C24H22N2O5S2/c1-17-7-13-20(14-8-17)32(27,28)25-18-9-11-19(12-10-18)26-33(29,30)24-16-15-23(31-2)21-5-3-4-6-22(21)24/h3-16,25-26H,1-2H3. The fourth-order valence-electron chi connectivity index (χ4n) is 3.40. The summed E-state index contributed by atoms with van der Waals surface area (Å²) in [5.74, 6) is 0.578. The van der Waals surface area contributed by atoms with Crippen LogP contribution in [-0.2, 0) is 20.0 Å². The van der Waals surface area contributed by atoms with Gasteiger partial charge in [-0.1, -0.05) is 42.0 Å². The first-order chi connectivity index (χ1) is 15.7. The van der Waals surface area contributed by atoms with E-state index < -0.39 is 20.0 Å². The molecule has 0 aliphatic heterocycles. The van der Waals surface area contributed by atoms with E-state index in [1.807, 2.05) is 13.0 Å². The highest BCUT2D eigenvalue weighted by molar-refractivity contribution is 7.93. The first-order valence-corrected chi connectivity index (χ1v) is 12.9. The normalized spacial score (nSPS) is 11.8. The van der Waals surface area contributed by atoms with Gasteiger partial charge in [-0.05, 0) is 55.5 Å².